The van der Waals surface area contributed by atoms with Gasteiger partial charge in [0.2, 0.25) is 0 Å². The molecule has 4 heteroatoms. The molecule has 0 bridgehead atoms. The first-order valence-electron chi connectivity index (χ1n) is 7.57. The zero-order valence-electron chi connectivity index (χ0n) is 12.9. The molecule has 1 heterocycles. The molecule has 0 amide bonds. The average molecular weight is 291 g/mol. The molecule has 0 unspecified atom stereocenters. The zero-order valence-corrected chi connectivity index (χ0v) is 12.9. The van der Waals surface area contributed by atoms with Crippen molar-refractivity contribution in [1.82, 2.24) is 4.90 Å². The van der Waals surface area contributed by atoms with Gasteiger partial charge in [0.15, 0.2) is 0 Å². The summed E-state index contributed by atoms with van der Waals surface area (Å²) in [4.78, 5) is 13.6. The molecule has 1 aliphatic heterocycles. The normalized spacial score (nSPS) is 19.4. The third-order valence-corrected chi connectivity index (χ3v) is 4.94. The standard InChI is InChI=1S/C17H25NO3/c1-16(2,15(19)20)17(21)9-12-18(13-10-17)11-8-14-6-4-3-5-7-14/h3-7,21H,8-13H2,1-2H3,(H,19,20). The topological polar surface area (TPSA) is 60.8 Å². The van der Waals surface area contributed by atoms with Gasteiger partial charge in [-0.1, -0.05) is 30.3 Å². The Hall–Kier alpha value is -1.39. The number of carbonyl (C=O) groups is 1. The molecule has 1 fully saturated rings. The van der Waals surface area contributed by atoms with Crippen LogP contribution in [0.2, 0.25) is 0 Å². The molecule has 2 rings (SSSR count). The molecule has 0 spiro atoms. The summed E-state index contributed by atoms with van der Waals surface area (Å²) in [5.74, 6) is -0.928. The van der Waals surface area contributed by atoms with E-state index >= 15 is 0 Å². The highest BCUT2D eigenvalue weighted by atomic mass is 16.4. The number of aliphatic carboxylic acids is 1. The Morgan fingerprint density at radius 2 is 1.81 bits per heavy atom. The molecule has 4 nitrogen and oxygen atoms in total. The van der Waals surface area contributed by atoms with E-state index in [9.17, 15) is 15.0 Å². The highest BCUT2D eigenvalue weighted by Crippen LogP contribution is 2.39. The Kier molecular flexibility index (Phi) is 4.69. The van der Waals surface area contributed by atoms with Crippen molar-refractivity contribution in [2.75, 3.05) is 19.6 Å². The molecule has 1 saturated heterocycles. The van der Waals surface area contributed by atoms with Gasteiger partial charge in [-0.25, -0.2) is 0 Å². The molecule has 21 heavy (non-hydrogen) atoms. The fraction of sp³-hybridized carbons (Fsp3) is 0.588. The van der Waals surface area contributed by atoms with E-state index in [1.54, 1.807) is 13.8 Å². The number of benzene rings is 1. The zero-order chi connectivity index (χ0) is 15.5. The van der Waals surface area contributed by atoms with Crippen molar-refractivity contribution in [2.45, 2.75) is 38.7 Å². The van der Waals surface area contributed by atoms with Crippen LogP contribution in [0.1, 0.15) is 32.3 Å². The second-order valence-electron chi connectivity index (χ2n) is 6.54. The summed E-state index contributed by atoms with van der Waals surface area (Å²) < 4.78 is 0. The number of hydrogen-bond donors (Lipinski definition) is 2. The van der Waals surface area contributed by atoms with Crippen LogP contribution in [0.25, 0.3) is 0 Å². The highest BCUT2D eigenvalue weighted by Gasteiger charge is 2.50. The maximum Gasteiger partial charge on any atom is 0.312 e. The molecular weight excluding hydrogens is 266 g/mol. The molecule has 116 valence electrons. The maximum absolute atomic E-state index is 11.3. The SMILES string of the molecule is CC(C)(C(=O)O)C1(O)CCN(CCc2ccccc2)CC1. The minimum absolute atomic E-state index is 0.515. The summed E-state index contributed by atoms with van der Waals surface area (Å²) in [6, 6.07) is 10.3. The van der Waals surface area contributed by atoms with E-state index in [1.807, 2.05) is 18.2 Å². The van der Waals surface area contributed by atoms with Gasteiger partial charge in [0.05, 0.1) is 11.0 Å². The molecular formula is C17H25NO3. The molecule has 0 radical (unpaired) electrons. The second-order valence-corrected chi connectivity index (χ2v) is 6.54. The lowest BCUT2D eigenvalue weighted by Crippen LogP contribution is -2.56. The summed E-state index contributed by atoms with van der Waals surface area (Å²) in [5.41, 5.74) is -0.898. The first kappa shape index (κ1) is 16.0. The third-order valence-electron chi connectivity index (χ3n) is 4.94. The van der Waals surface area contributed by atoms with Crippen LogP contribution in [0.3, 0.4) is 0 Å². The van der Waals surface area contributed by atoms with Gasteiger partial charge in [0.1, 0.15) is 0 Å². The number of nitrogens with zero attached hydrogens (tertiary/aromatic N) is 1. The van der Waals surface area contributed by atoms with E-state index in [0.29, 0.717) is 12.8 Å². The van der Waals surface area contributed by atoms with Gasteiger partial charge in [0.25, 0.3) is 0 Å². The van der Waals surface area contributed by atoms with E-state index in [2.05, 4.69) is 17.0 Å². The third kappa shape index (κ3) is 3.44. The van der Waals surface area contributed by atoms with Gasteiger partial charge in [-0.05, 0) is 38.7 Å². The lowest BCUT2D eigenvalue weighted by atomic mass is 9.69. The fourth-order valence-electron chi connectivity index (χ4n) is 2.90. The van der Waals surface area contributed by atoms with E-state index in [4.69, 9.17) is 0 Å². The minimum atomic E-state index is -1.11. The molecule has 1 aromatic carbocycles. The summed E-state index contributed by atoms with van der Waals surface area (Å²) in [7, 11) is 0. The van der Waals surface area contributed by atoms with E-state index in [0.717, 1.165) is 26.1 Å². The van der Waals surface area contributed by atoms with Crippen LogP contribution in [-0.2, 0) is 11.2 Å². The van der Waals surface area contributed by atoms with Gasteiger partial charge in [-0.2, -0.15) is 0 Å². The molecule has 0 aromatic heterocycles. The Morgan fingerprint density at radius 3 is 2.33 bits per heavy atom. The maximum atomic E-state index is 11.3. The Bertz CT molecular complexity index is 476. The molecule has 0 saturated carbocycles. The number of hydrogen-bond acceptors (Lipinski definition) is 3. The van der Waals surface area contributed by atoms with Crippen LogP contribution in [-0.4, -0.2) is 46.3 Å². The number of likely N-dealkylation sites (tertiary alicyclic amines) is 1. The first-order valence-corrected chi connectivity index (χ1v) is 7.57. The van der Waals surface area contributed by atoms with Gasteiger partial charge in [0, 0.05) is 19.6 Å². The molecule has 1 aromatic rings. The van der Waals surface area contributed by atoms with Crippen LogP contribution in [0.5, 0.6) is 0 Å². The average Bonchev–Trinajstić information content (AvgIpc) is 2.47. The number of piperidine rings is 1. The van der Waals surface area contributed by atoms with Gasteiger partial charge >= 0.3 is 5.97 Å². The van der Waals surface area contributed by atoms with E-state index < -0.39 is 17.0 Å². The lowest BCUT2D eigenvalue weighted by molar-refractivity contribution is -0.171. The number of carboxylic acids is 1. The van der Waals surface area contributed by atoms with Crippen LogP contribution in [0, 0.1) is 5.41 Å². The molecule has 0 aliphatic carbocycles. The monoisotopic (exact) mass is 291 g/mol. The quantitative estimate of drug-likeness (QED) is 0.873. The molecule has 0 atom stereocenters. The van der Waals surface area contributed by atoms with Crippen molar-refractivity contribution < 1.29 is 15.0 Å². The van der Waals surface area contributed by atoms with E-state index in [1.165, 1.54) is 5.56 Å². The predicted octanol–water partition coefficient (Wildman–Crippen LogP) is 2.17. The smallest absolute Gasteiger partial charge is 0.312 e. The summed E-state index contributed by atoms with van der Waals surface area (Å²) in [6.07, 6.45) is 2.02. The Balaban J connectivity index is 1.87. The number of rotatable bonds is 5. The van der Waals surface area contributed by atoms with Gasteiger partial charge in [-0.15, -0.1) is 0 Å². The second kappa shape index (κ2) is 6.16. The Morgan fingerprint density at radius 1 is 1.24 bits per heavy atom. The van der Waals surface area contributed by atoms with Crippen molar-refractivity contribution >= 4 is 5.97 Å². The van der Waals surface area contributed by atoms with Crippen molar-refractivity contribution in [3.05, 3.63) is 35.9 Å². The van der Waals surface area contributed by atoms with Gasteiger partial charge in [-0.3, -0.25) is 4.79 Å². The molecule has 2 N–H and O–H groups in total. The lowest BCUT2D eigenvalue weighted by Gasteiger charge is -2.45. The number of carboxylic acid groups (broad SMARTS) is 1. The van der Waals surface area contributed by atoms with Crippen molar-refractivity contribution in [3.63, 3.8) is 0 Å². The van der Waals surface area contributed by atoms with E-state index in [-0.39, 0.29) is 0 Å². The minimum Gasteiger partial charge on any atom is -0.481 e. The first-order chi connectivity index (χ1) is 9.85. The summed E-state index contributed by atoms with van der Waals surface area (Å²) in [5, 5.41) is 20.0. The summed E-state index contributed by atoms with van der Waals surface area (Å²) >= 11 is 0. The van der Waals surface area contributed by atoms with Gasteiger partial charge < -0.3 is 15.1 Å². The highest BCUT2D eigenvalue weighted by molar-refractivity contribution is 5.75. The van der Waals surface area contributed by atoms with Crippen LogP contribution in [0.15, 0.2) is 30.3 Å². The largest absolute Gasteiger partial charge is 0.481 e. The molecule has 1 aliphatic rings. The fourth-order valence-corrected chi connectivity index (χ4v) is 2.90. The Labute approximate surface area is 126 Å². The van der Waals surface area contributed by atoms with Crippen LogP contribution < -0.4 is 0 Å². The van der Waals surface area contributed by atoms with Crippen molar-refractivity contribution in [1.29, 1.82) is 0 Å². The van der Waals surface area contributed by atoms with Crippen LogP contribution >= 0.6 is 0 Å². The predicted molar refractivity (Wildman–Crippen MR) is 82.2 cm³/mol. The van der Waals surface area contributed by atoms with Crippen LogP contribution in [0.4, 0.5) is 0 Å². The number of aliphatic hydroxyl groups is 1. The van der Waals surface area contributed by atoms with Crippen molar-refractivity contribution in [2.24, 2.45) is 5.41 Å². The van der Waals surface area contributed by atoms with Crippen molar-refractivity contribution in [3.8, 4) is 0 Å². The summed E-state index contributed by atoms with van der Waals surface area (Å²) in [6.45, 7) is 5.69.